The highest BCUT2D eigenvalue weighted by Crippen LogP contribution is 2.16. The molecule has 1 aromatic carbocycles. The fourth-order valence-electron chi connectivity index (χ4n) is 1.67. The number of aliphatic carboxylic acids is 1. The van der Waals surface area contributed by atoms with Crippen molar-refractivity contribution in [3.63, 3.8) is 0 Å². The van der Waals surface area contributed by atoms with Crippen molar-refractivity contribution in [1.29, 1.82) is 0 Å². The van der Waals surface area contributed by atoms with Crippen LogP contribution in [-0.2, 0) is 9.59 Å². The molecule has 1 rings (SSSR count). The number of halogens is 1. The van der Waals surface area contributed by atoms with Gasteiger partial charge in [-0.3, -0.25) is 4.79 Å². The summed E-state index contributed by atoms with van der Waals surface area (Å²) in [6, 6.07) is 4.06. The van der Waals surface area contributed by atoms with Crippen LogP contribution in [0.1, 0.15) is 38.2 Å². The summed E-state index contributed by atoms with van der Waals surface area (Å²) in [5, 5.41) is 11.2. The first-order valence-corrected chi connectivity index (χ1v) is 6.53. The van der Waals surface area contributed by atoms with E-state index in [4.69, 9.17) is 5.11 Å². The number of carboxylic acids is 1. The second kappa shape index (κ2) is 8.09. The van der Waals surface area contributed by atoms with Gasteiger partial charge in [0.15, 0.2) is 0 Å². The standard InChI is InChI=1S/C15H18FNO3/c1-2-3-4-5-14(18)17-12-7-8-13(16)11(10-12)6-9-15(19)20/h6-10H,2-5H2,1H3,(H,17,18)(H,19,20)/b9-6+. The van der Waals surface area contributed by atoms with Gasteiger partial charge >= 0.3 is 5.97 Å². The molecule has 0 aliphatic heterocycles. The van der Waals surface area contributed by atoms with Crippen molar-refractivity contribution >= 4 is 23.6 Å². The highest BCUT2D eigenvalue weighted by Gasteiger charge is 2.05. The lowest BCUT2D eigenvalue weighted by Gasteiger charge is -2.06. The molecule has 0 atom stereocenters. The molecule has 0 aliphatic carbocycles. The van der Waals surface area contributed by atoms with Crippen LogP contribution in [0.5, 0.6) is 0 Å². The summed E-state index contributed by atoms with van der Waals surface area (Å²) in [5.74, 6) is -1.82. The Morgan fingerprint density at radius 1 is 1.35 bits per heavy atom. The molecule has 0 saturated carbocycles. The van der Waals surface area contributed by atoms with Crippen molar-refractivity contribution in [2.24, 2.45) is 0 Å². The summed E-state index contributed by atoms with van der Waals surface area (Å²) in [6.45, 7) is 2.05. The second-order valence-corrected chi connectivity index (χ2v) is 4.41. The molecule has 0 fully saturated rings. The molecule has 0 aromatic heterocycles. The highest BCUT2D eigenvalue weighted by atomic mass is 19.1. The minimum atomic E-state index is -1.15. The van der Waals surface area contributed by atoms with Crippen molar-refractivity contribution in [2.45, 2.75) is 32.6 Å². The monoisotopic (exact) mass is 279 g/mol. The average molecular weight is 279 g/mol. The van der Waals surface area contributed by atoms with Gasteiger partial charge in [-0.1, -0.05) is 19.8 Å². The second-order valence-electron chi connectivity index (χ2n) is 4.41. The Morgan fingerprint density at radius 2 is 2.10 bits per heavy atom. The van der Waals surface area contributed by atoms with Crippen molar-refractivity contribution in [3.8, 4) is 0 Å². The van der Waals surface area contributed by atoms with Crippen LogP contribution >= 0.6 is 0 Å². The number of hydrogen-bond donors (Lipinski definition) is 2. The fourth-order valence-corrected chi connectivity index (χ4v) is 1.67. The zero-order valence-electron chi connectivity index (χ0n) is 11.4. The Hall–Kier alpha value is -2.17. The highest BCUT2D eigenvalue weighted by molar-refractivity contribution is 5.91. The third-order valence-corrected chi connectivity index (χ3v) is 2.69. The van der Waals surface area contributed by atoms with Crippen LogP contribution < -0.4 is 5.32 Å². The lowest BCUT2D eigenvalue weighted by Crippen LogP contribution is -2.11. The molecule has 0 bridgehead atoms. The van der Waals surface area contributed by atoms with Crippen molar-refractivity contribution < 1.29 is 19.1 Å². The van der Waals surface area contributed by atoms with Gasteiger partial charge in [-0.05, 0) is 30.7 Å². The van der Waals surface area contributed by atoms with E-state index in [1.807, 2.05) is 0 Å². The molecule has 0 radical (unpaired) electrons. The number of anilines is 1. The molecule has 2 N–H and O–H groups in total. The lowest BCUT2D eigenvalue weighted by atomic mass is 10.1. The van der Waals surface area contributed by atoms with Crippen molar-refractivity contribution in [1.82, 2.24) is 0 Å². The number of rotatable bonds is 7. The molecule has 0 spiro atoms. The van der Waals surface area contributed by atoms with Crippen molar-refractivity contribution in [3.05, 3.63) is 35.7 Å². The van der Waals surface area contributed by atoms with Crippen LogP contribution in [-0.4, -0.2) is 17.0 Å². The average Bonchev–Trinajstić information content (AvgIpc) is 2.39. The van der Waals surface area contributed by atoms with Crippen LogP contribution in [0.15, 0.2) is 24.3 Å². The van der Waals surface area contributed by atoms with Gasteiger partial charge in [-0.15, -0.1) is 0 Å². The molecule has 0 saturated heterocycles. The van der Waals surface area contributed by atoms with Gasteiger partial charge in [0.1, 0.15) is 5.82 Å². The summed E-state index contributed by atoms with van der Waals surface area (Å²) in [6.07, 6.45) is 5.27. The number of unbranched alkanes of at least 4 members (excludes halogenated alkanes) is 2. The number of carboxylic acid groups (broad SMARTS) is 1. The zero-order valence-corrected chi connectivity index (χ0v) is 11.4. The maximum absolute atomic E-state index is 13.4. The van der Waals surface area contributed by atoms with Gasteiger partial charge in [0.05, 0.1) is 0 Å². The van der Waals surface area contributed by atoms with Gasteiger partial charge in [0.25, 0.3) is 0 Å². The summed E-state index contributed by atoms with van der Waals surface area (Å²) in [4.78, 5) is 22.0. The normalized spacial score (nSPS) is 10.7. The van der Waals surface area contributed by atoms with Crippen LogP contribution in [0.3, 0.4) is 0 Å². The fraction of sp³-hybridized carbons (Fsp3) is 0.333. The predicted octanol–water partition coefficient (Wildman–Crippen LogP) is 3.44. The minimum absolute atomic E-state index is 0.124. The first-order valence-electron chi connectivity index (χ1n) is 6.53. The summed E-state index contributed by atoms with van der Waals surface area (Å²) in [7, 11) is 0. The molecular formula is C15H18FNO3. The quantitative estimate of drug-likeness (QED) is 0.593. The zero-order chi connectivity index (χ0) is 15.0. The topological polar surface area (TPSA) is 66.4 Å². The van der Waals surface area contributed by atoms with Crippen LogP contribution in [0, 0.1) is 5.82 Å². The van der Waals surface area contributed by atoms with E-state index in [1.165, 1.54) is 18.2 Å². The molecule has 4 nitrogen and oxygen atoms in total. The molecule has 0 heterocycles. The molecule has 20 heavy (non-hydrogen) atoms. The third kappa shape index (κ3) is 5.65. The smallest absolute Gasteiger partial charge is 0.328 e. The Morgan fingerprint density at radius 3 is 2.75 bits per heavy atom. The van der Waals surface area contributed by atoms with E-state index in [-0.39, 0.29) is 11.5 Å². The maximum atomic E-state index is 13.4. The largest absolute Gasteiger partial charge is 0.478 e. The lowest BCUT2D eigenvalue weighted by molar-refractivity contribution is -0.131. The van der Waals surface area contributed by atoms with Crippen molar-refractivity contribution in [2.75, 3.05) is 5.32 Å². The summed E-state index contributed by atoms with van der Waals surface area (Å²) < 4.78 is 13.4. The molecule has 1 aromatic rings. The molecule has 0 unspecified atom stereocenters. The van der Waals surface area contributed by atoms with E-state index < -0.39 is 11.8 Å². The molecular weight excluding hydrogens is 261 g/mol. The van der Waals surface area contributed by atoms with E-state index in [1.54, 1.807) is 0 Å². The Labute approximate surface area is 117 Å². The minimum Gasteiger partial charge on any atom is -0.478 e. The Bertz CT molecular complexity index is 512. The van der Waals surface area contributed by atoms with E-state index in [9.17, 15) is 14.0 Å². The molecule has 0 aliphatic rings. The Balaban J connectivity index is 2.69. The first kappa shape index (κ1) is 15.9. The maximum Gasteiger partial charge on any atom is 0.328 e. The van der Waals surface area contributed by atoms with E-state index in [2.05, 4.69) is 12.2 Å². The number of carbonyl (C=O) groups excluding carboxylic acids is 1. The van der Waals surface area contributed by atoms with Gasteiger partial charge < -0.3 is 10.4 Å². The van der Waals surface area contributed by atoms with Gasteiger partial charge in [-0.25, -0.2) is 9.18 Å². The number of nitrogens with one attached hydrogen (secondary N) is 1. The molecule has 1 amide bonds. The predicted molar refractivity (Wildman–Crippen MR) is 75.8 cm³/mol. The van der Waals surface area contributed by atoms with Gasteiger partial charge in [0.2, 0.25) is 5.91 Å². The number of amides is 1. The van der Waals surface area contributed by atoms with Gasteiger partial charge in [-0.2, -0.15) is 0 Å². The summed E-state index contributed by atoms with van der Waals surface area (Å²) in [5.41, 5.74) is 0.580. The van der Waals surface area contributed by atoms with Crippen LogP contribution in [0.4, 0.5) is 10.1 Å². The number of hydrogen-bond acceptors (Lipinski definition) is 2. The molecule has 5 heteroatoms. The van der Waals surface area contributed by atoms with E-state index >= 15 is 0 Å². The third-order valence-electron chi connectivity index (χ3n) is 2.69. The SMILES string of the molecule is CCCCCC(=O)Nc1ccc(F)c(/C=C/C(=O)O)c1. The van der Waals surface area contributed by atoms with E-state index in [0.717, 1.165) is 31.4 Å². The molecule has 108 valence electrons. The van der Waals surface area contributed by atoms with Gasteiger partial charge in [0, 0.05) is 23.7 Å². The number of carbonyl (C=O) groups is 2. The van der Waals surface area contributed by atoms with Crippen LogP contribution in [0.2, 0.25) is 0 Å². The van der Waals surface area contributed by atoms with Crippen LogP contribution in [0.25, 0.3) is 6.08 Å². The number of benzene rings is 1. The summed E-state index contributed by atoms with van der Waals surface area (Å²) >= 11 is 0. The first-order chi connectivity index (χ1) is 9.52. The van der Waals surface area contributed by atoms with E-state index in [0.29, 0.717) is 12.1 Å². The Kier molecular flexibility index (Phi) is 6.43.